The molecule has 1 N–H and O–H groups in total. The van der Waals surface area contributed by atoms with Gasteiger partial charge in [-0.05, 0) is 13.3 Å². The predicted molar refractivity (Wildman–Crippen MR) is 54.7 cm³/mol. The Labute approximate surface area is 74.3 Å². The van der Waals surface area contributed by atoms with E-state index in [1.54, 1.807) is 13.4 Å². The van der Waals surface area contributed by atoms with E-state index >= 15 is 0 Å². The highest BCUT2D eigenvalue weighted by Crippen LogP contribution is 1.91. The average Bonchev–Trinajstić information content (AvgIpc) is 2.00. The van der Waals surface area contributed by atoms with E-state index in [1.165, 1.54) is 0 Å². The minimum atomic E-state index is 0.909. The zero-order valence-electron chi connectivity index (χ0n) is 8.09. The van der Waals surface area contributed by atoms with Gasteiger partial charge in [0.05, 0.1) is 0 Å². The monoisotopic (exact) mass is 167 g/mol. The van der Waals surface area contributed by atoms with Gasteiger partial charge in [-0.15, -0.1) is 0 Å². The van der Waals surface area contributed by atoms with Gasteiger partial charge in [0, 0.05) is 19.2 Å². The van der Waals surface area contributed by atoms with Crippen molar-refractivity contribution in [3.8, 4) is 0 Å². The van der Waals surface area contributed by atoms with Crippen LogP contribution in [-0.2, 0) is 0 Å². The lowest BCUT2D eigenvalue weighted by atomic mass is 10.3. The highest BCUT2D eigenvalue weighted by molar-refractivity contribution is 5.89. The number of nitrogens with one attached hydrogen (secondary N) is 1. The minimum Gasteiger partial charge on any atom is -0.348 e. The first-order chi connectivity index (χ1) is 5.70. The van der Waals surface area contributed by atoms with E-state index < -0.39 is 0 Å². The smallest absolute Gasteiger partial charge is 0.111 e. The van der Waals surface area contributed by atoms with E-state index in [0.29, 0.717) is 0 Å². The van der Waals surface area contributed by atoms with Gasteiger partial charge in [-0.3, -0.25) is 4.99 Å². The summed E-state index contributed by atoms with van der Waals surface area (Å²) in [6.07, 6.45) is 3.54. The van der Waals surface area contributed by atoms with Crippen LogP contribution in [0.25, 0.3) is 0 Å². The van der Waals surface area contributed by atoms with E-state index in [4.69, 9.17) is 0 Å². The lowest BCUT2D eigenvalue weighted by molar-refractivity contribution is 0.944. The van der Waals surface area contributed by atoms with Crippen molar-refractivity contribution in [3.63, 3.8) is 0 Å². The molecule has 0 atom stereocenters. The van der Waals surface area contributed by atoms with Crippen LogP contribution in [0.4, 0.5) is 0 Å². The fourth-order valence-electron chi connectivity index (χ4n) is 0.770. The summed E-state index contributed by atoms with van der Waals surface area (Å²) in [7, 11) is 1.70. The zero-order valence-corrected chi connectivity index (χ0v) is 8.09. The van der Waals surface area contributed by atoms with Crippen LogP contribution in [0.2, 0.25) is 0 Å². The second-order valence-electron chi connectivity index (χ2n) is 2.60. The molecule has 0 spiro atoms. The number of hydrogen-bond acceptors (Lipinski definition) is 1. The highest BCUT2D eigenvalue weighted by atomic mass is 15.0. The zero-order chi connectivity index (χ0) is 9.40. The van der Waals surface area contributed by atoms with Crippen LogP contribution in [0.5, 0.6) is 0 Å². The second kappa shape index (κ2) is 6.58. The SMILES string of the molecule is C=C(C)N/C(CCC)=N\C=N/C. The fourth-order valence-corrected chi connectivity index (χ4v) is 0.770. The third-order valence-corrected chi connectivity index (χ3v) is 1.17. The van der Waals surface area contributed by atoms with Crippen molar-refractivity contribution in [1.29, 1.82) is 0 Å². The third-order valence-electron chi connectivity index (χ3n) is 1.17. The van der Waals surface area contributed by atoms with Crippen LogP contribution >= 0.6 is 0 Å². The summed E-state index contributed by atoms with van der Waals surface area (Å²) in [5, 5.41) is 3.08. The first-order valence-electron chi connectivity index (χ1n) is 4.10. The van der Waals surface area contributed by atoms with Crippen molar-refractivity contribution in [2.45, 2.75) is 26.7 Å². The Kier molecular flexibility index (Phi) is 5.97. The van der Waals surface area contributed by atoms with E-state index in [1.807, 2.05) is 6.92 Å². The molecule has 0 aliphatic rings. The average molecular weight is 167 g/mol. The predicted octanol–water partition coefficient (Wildman–Crippen LogP) is 1.97. The molecule has 3 heteroatoms. The number of nitrogens with zero attached hydrogens (tertiary/aromatic N) is 2. The number of aliphatic imine (C=N–C) groups is 2. The molecule has 0 aromatic carbocycles. The Morgan fingerprint density at radius 1 is 1.58 bits per heavy atom. The molecule has 0 bridgehead atoms. The van der Waals surface area contributed by atoms with E-state index in [9.17, 15) is 0 Å². The molecule has 0 aromatic heterocycles. The Balaban J connectivity index is 4.11. The standard InChI is InChI=1S/C9H17N3/c1-5-6-9(11-7-10-4)12-8(2)3/h7H,2,5-6H2,1,3-4H3,(H,10,11,12). The van der Waals surface area contributed by atoms with Crippen molar-refractivity contribution in [3.05, 3.63) is 12.3 Å². The molecule has 3 nitrogen and oxygen atoms in total. The topological polar surface area (TPSA) is 36.8 Å². The number of allylic oxidation sites excluding steroid dienone is 1. The number of amidine groups is 1. The van der Waals surface area contributed by atoms with Crippen LogP contribution in [0, 0.1) is 0 Å². The van der Waals surface area contributed by atoms with Crippen molar-refractivity contribution >= 4 is 12.2 Å². The largest absolute Gasteiger partial charge is 0.348 e. The molecule has 0 fully saturated rings. The molecule has 0 saturated carbocycles. The summed E-state index contributed by atoms with van der Waals surface area (Å²) in [6.45, 7) is 7.77. The van der Waals surface area contributed by atoms with Gasteiger partial charge in [-0.25, -0.2) is 4.99 Å². The first kappa shape index (κ1) is 10.9. The van der Waals surface area contributed by atoms with Crippen LogP contribution in [0.1, 0.15) is 26.7 Å². The Morgan fingerprint density at radius 3 is 2.67 bits per heavy atom. The molecular weight excluding hydrogens is 150 g/mol. The van der Waals surface area contributed by atoms with Crippen molar-refractivity contribution in [2.24, 2.45) is 9.98 Å². The quantitative estimate of drug-likeness (QED) is 0.504. The number of rotatable bonds is 4. The fraction of sp³-hybridized carbons (Fsp3) is 0.556. The first-order valence-corrected chi connectivity index (χ1v) is 4.10. The molecular formula is C9H17N3. The molecule has 0 aliphatic heterocycles. The maximum atomic E-state index is 4.13. The summed E-state index contributed by atoms with van der Waals surface area (Å²) < 4.78 is 0. The summed E-state index contributed by atoms with van der Waals surface area (Å²) >= 11 is 0. The van der Waals surface area contributed by atoms with Crippen LogP contribution < -0.4 is 5.32 Å². The molecule has 68 valence electrons. The van der Waals surface area contributed by atoms with Crippen LogP contribution in [0.3, 0.4) is 0 Å². The van der Waals surface area contributed by atoms with Gasteiger partial charge in [0.25, 0.3) is 0 Å². The normalized spacial score (nSPS) is 12.1. The Bertz CT molecular complexity index is 192. The molecule has 0 aromatic rings. The summed E-state index contributed by atoms with van der Waals surface area (Å²) in [5.41, 5.74) is 0.909. The van der Waals surface area contributed by atoms with Gasteiger partial charge >= 0.3 is 0 Å². The van der Waals surface area contributed by atoms with E-state index in [-0.39, 0.29) is 0 Å². The maximum Gasteiger partial charge on any atom is 0.111 e. The van der Waals surface area contributed by atoms with Crippen LogP contribution in [-0.4, -0.2) is 19.2 Å². The minimum absolute atomic E-state index is 0.909. The molecule has 0 radical (unpaired) electrons. The van der Waals surface area contributed by atoms with Crippen molar-refractivity contribution in [1.82, 2.24) is 5.32 Å². The van der Waals surface area contributed by atoms with Gasteiger partial charge in [-0.2, -0.15) is 0 Å². The Hall–Kier alpha value is -1.12. The Morgan fingerprint density at radius 2 is 2.25 bits per heavy atom. The van der Waals surface area contributed by atoms with Gasteiger partial charge in [0.2, 0.25) is 0 Å². The van der Waals surface area contributed by atoms with Gasteiger partial charge in [0.15, 0.2) is 0 Å². The van der Waals surface area contributed by atoms with Crippen molar-refractivity contribution < 1.29 is 0 Å². The summed E-state index contributed by atoms with van der Waals surface area (Å²) in [5.74, 6) is 0.926. The lowest BCUT2D eigenvalue weighted by Gasteiger charge is -2.05. The molecule has 0 heterocycles. The molecule has 0 unspecified atom stereocenters. The summed E-state index contributed by atoms with van der Waals surface area (Å²) in [4.78, 5) is 7.91. The molecule has 0 amide bonds. The van der Waals surface area contributed by atoms with Crippen molar-refractivity contribution in [2.75, 3.05) is 7.05 Å². The lowest BCUT2D eigenvalue weighted by Crippen LogP contribution is -2.20. The maximum absolute atomic E-state index is 4.13. The second-order valence-corrected chi connectivity index (χ2v) is 2.60. The molecule has 0 aliphatic carbocycles. The molecule has 12 heavy (non-hydrogen) atoms. The number of hydrogen-bond donors (Lipinski definition) is 1. The highest BCUT2D eigenvalue weighted by Gasteiger charge is 1.94. The molecule has 0 rings (SSSR count). The van der Waals surface area contributed by atoms with Gasteiger partial charge in [-0.1, -0.05) is 13.5 Å². The third kappa shape index (κ3) is 5.65. The molecule has 0 saturated heterocycles. The van der Waals surface area contributed by atoms with Gasteiger partial charge in [0.1, 0.15) is 12.2 Å². The van der Waals surface area contributed by atoms with E-state index in [0.717, 1.165) is 24.4 Å². The summed E-state index contributed by atoms with van der Waals surface area (Å²) in [6, 6.07) is 0. The van der Waals surface area contributed by atoms with Crippen LogP contribution in [0.15, 0.2) is 22.3 Å². The van der Waals surface area contributed by atoms with Gasteiger partial charge < -0.3 is 5.32 Å². The van der Waals surface area contributed by atoms with E-state index in [2.05, 4.69) is 28.8 Å².